The van der Waals surface area contributed by atoms with E-state index in [-0.39, 0.29) is 5.91 Å². The van der Waals surface area contributed by atoms with Crippen LogP contribution in [0.4, 0.5) is 17.1 Å². The first-order valence-electron chi connectivity index (χ1n) is 9.19. The number of fused-ring (bicyclic) bond motifs is 4. The topological polar surface area (TPSA) is 66.5 Å². The minimum Gasteiger partial charge on any atom is -0.354 e. The van der Waals surface area contributed by atoms with Crippen molar-refractivity contribution < 1.29 is 9.63 Å². The van der Waals surface area contributed by atoms with E-state index in [4.69, 9.17) is 4.84 Å². The predicted octanol–water partition coefficient (Wildman–Crippen LogP) is 4.04. The molecule has 7 heteroatoms. The average Bonchev–Trinajstić information content (AvgIpc) is 2.73. The Bertz CT molecular complexity index is 1120. The highest BCUT2D eigenvalue weighted by Gasteiger charge is 2.29. The van der Waals surface area contributed by atoms with Crippen molar-refractivity contribution >= 4 is 45.6 Å². The summed E-state index contributed by atoms with van der Waals surface area (Å²) in [7, 11) is 3.59. The molecule has 2 aliphatic heterocycles. The third-order valence-electron chi connectivity index (χ3n) is 5.32. The number of aromatic nitrogens is 1. The van der Waals surface area contributed by atoms with Gasteiger partial charge in [-0.3, -0.25) is 9.78 Å². The summed E-state index contributed by atoms with van der Waals surface area (Å²) in [5, 5.41) is 9.61. The summed E-state index contributed by atoms with van der Waals surface area (Å²) >= 11 is 1.59. The van der Waals surface area contributed by atoms with Gasteiger partial charge in [0.1, 0.15) is 0 Å². The summed E-state index contributed by atoms with van der Waals surface area (Å²) in [6.07, 6.45) is 2.62. The van der Waals surface area contributed by atoms with Gasteiger partial charge in [0, 0.05) is 41.3 Å². The van der Waals surface area contributed by atoms with Crippen molar-refractivity contribution in [1.29, 1.82) is 0 Å². The van der Waals surface area contributed by atoms with Crippen molar-refractivity contribution in [3.05, 3.63) is 42.1 Å². The quantitative estimate of drug-likeness (QED) is 0.511. The molecule has 0 saturated carbocycles. The van der Waals surface area contributed by atoms with Crippen LogP contribution in [-0.2, 0) is 16.1 Å². The van der Waals surface area contributed by atoms with Crippen LogP contribution >= 0.6 is 11.8 Å². The molecule has 0 atom stereocenters. The summed E-state index contributed by atoms with van der Waals surface area (Å²) in [4.78, 5) is 23.2. The van der Waals surface area contributed by atoms with Gasteiger partial charge in [0.15, 0.2) is 0 Å². The SMILES string of the molecule is CON(C)CCc1c2c(c3nccc4c3c1Nc1ccccc1-4)NC(=O)CS2. The highest BCUT2D eigenvalue weighted by atomic mass is 32.2. The lowest BCUT2D eigenvalue weighted by atomic mass is 9.91. The van der Waals surface area contributed by atoms with Crippen LogP contribution in [0.1, 0.15) is 5.56 Å². The van der Waals surface area contributed by atoms with E-state index in [9.17, 15) is 4.79 Å². The van der Waals surface area contributed by atoms with Gasteiger partial charge in [-0.1, -0.05) is 18.2 Å². The molecule has 142 valence electrons. The maximum Gasteiger partial charge on any atom is 0.234 e. The fourth-order valence-electron chi connectivity index (χ4n) is 3.94. The fraction of sp³-hybridized carbons (Fsp3) is 0.238. The number of pyridine rings is 1. The Morgan fingerprint density at radius 2 is 2.04 bits per heavy atom. The lowest BCUT2D eigenvalue weighted by Crippen LogP contribution is -2.23. The molecule has 3 aromatic rings. The van der Waals surface area contributed by atoms with E-state index < -0.39 is 0 Å². The number of carbonyl (C=O) groups is 1. The van der Waals surface area contributed by atoms with Crippen LogP contribution in [0.5, 0.6) is 0 Å². The normalized spacial score (nSPS) is 14.5. The van der Waals surface area contributed by atoms with Gasteiger partial charge in [-0.05, 0) is 29.7 Å². The summed E-state index contributed by atoms with van der Waals surface area (Å²) in [5.74, 6) is 0.436. The van der Waals surface area contributed by atoms with E-state index in [1.165, 1.54) is 5.56 Å². The van der Waals surface area contributed by atoms with Gasteiger partial charge in [0.25, 0.3) is 0 Å². The van der Waals surface area contributed by atoms with Crippen LogP contribution < -0.4 is 10.6 Å². The Morgan fingerprint density at radius 1 is 1.18 bits per heavy atom. The number of hydrogen-bond acceptors (Lipinski definition) is 6. The average molecular weight is 392 g/mol. The Labute approximate surface area is 167 Å². The lowest BCUT2D eigenvalue weighted by molar-refractivity contribution is -0.113. The lowest BCUT2D eigenvalue weighted by Gasteiger charge is -2.30. The van der Waals surface area contributed by atoms with E-state index in [2.05, 4.69) is 33.8 Å². The molecule has 0 saturated heterocycles. The second-order valence-corrected chi connectivity index (χ2v) is 7.92. The van der Waals surface area contributed by atoms with E-state index in [0.717, 1.165) is 57.0 Å². The first-order chi connectivity index (χ1) is 13.7. The van der Waals surface area contributed by atoms with Crippen molar-refractivity contribution in [3.8, 4) is 11.1 Å². The zero-order valence-electron chi connectivity index (χ0n) is 15.7. The summed E-state index contributed by atoms with van der Waals surface area (Å²) < 4.78 is 0. The van der Waals surface area contributed by atoms with Gasteiger partial charge in [-0.2, -0.15) is 5.06 Å². The maximum absolute atomic E-state index is 12.1. The number of benzene rings is 2. The molecular formula is C21H20N4O2S. The number of nitrogens with one attached hydrogen (secondary N) is 2. The van der Waals surface area contributed by atoms with Gasteiger partial charge >= 0.3 is 0 Å². The number of likely N-dealkylation sites (N-methyl/N-ethyl adjacent to an activating group) is 1. The van der Waals surface area contributed by atoms with Gasteiger partial charge in [-0.25, -0.2) is 0 Å². The molecule has 1 amide bonds. The van der Waals surface area contributed by atoms with Crippen LogP contribution in [0.25, 0.3) is 22.0 Å². The molecule has 0 bridgehead atoms. The third-order valence-corrected chi connectivity index (χ3v) is 6.46. The highest BCUT2D eigenvalue weighted by Crippen LogP contribution is 2.51. The van der Waals surface area contributed by atoms with E-state index in [1.54, 1.807) is 18.9 Å². The Hall–Kier alpha value is -2.61. The summed E-state index contributed by atoms with van der Waals surface area (Å²) in [6, 6.07) is 10.4. The minimum atomic E-state index is 0.0177. The molecule has 0 fully saturated rings. The number of hydrogen-bond donors (Lipinski definition) is 2. The second kappa shape index (κ2) is 6.77. The molecule has 1 aromatic heterocycles. The standard InChI is InChI=1S/C21H20N4O2S/c1-25(27-2)10-8-14-18-17-13(12-5-3-4-6-15(12)23-18)7-9-22-19(17)20-21(14)28-11-16(26)24-20/h3-7,9,23H,8,10-11H2,1-2H3,(H,24,26). The van der Waals surface area contributed by atoms with Gasteiger partial charge in [0.2, 0.25) is 5.91 Å². The van der Waals surface area contributed by atoms with Crippen molar-refractivity contribution in [2.45, 2.75) is 11.3 Å². The van der Waals surface area contributed by atoms with Crippen LogP contribution in [0.15, 0.2) is 41.4 Å². The molecule has 0 radical (unpaired) electrons. The summed E-state index contributed by atoms with van der Waals surface area (Å²) in [5.41, 5.74) is 7.34. The highest BCUT2D eigenvalue weighted by molar-refractivity contribution is 8.00. The molecule has 3 heterocycles. The fourth-order valence-corrected chi connectivity index (χ4v) is 4.96. The molecule has 28 heavy (non-hydrogen) atoms. The van der Waals surface area contributed by atoms with Gasteiger partial charge < -0.3 is 15.5 Å². The van der Waals surface area contributed by atoms with Crippen molar-refractivity contribution in [2.75, 3.05) is 37.1 Å². The van der Waals surface area contributed by atoms with Crippen LogP contribution in [0.2, 0.25) is 0 Å². The number of carbonyl (C=O) groups excluding carboxylic acids is 1. The second-order valence-electron chi connectivity index (χ2n) is 6.93. The Kier molecular flexibility index (Phi) is 4.23. The maximum atomic E-state index is 12.1. The van der Waals surface area contributed by atoms with Crippen LogP contribution in [0, 0.1) is 0 Å². The van der Waals surface area contributed by atoms with Gasteiger partial charge in [-0.15, -0.1) is 11.8 Å². The molecule has 2 N–H and O–H groups in total. The zero-order valence-corrected chi connectivity index (χ0v) is 16.5. The van der Waals surface area contributed by atoms with E-state index >= 15 is 0 Å². The molecule has 6 nitrogen and oxygen atoms in total. The minimum absolute atomic E-state index is 0.0177. The number of rotatable bonds is 4. The van der Waals surface area contributed by atoms with Crippen molar-refractivity contribution in [1.82, 2.24) is 10.0 Å². The number of nitrogens with zero attached hydrogens (tertiary/aromatic N) is 2. The third kappa shape index (κ3) is 2.66. The monoisotopic (exact) mass is 392 g/mol. The number of anilines is 3. The largest absolute Gasteiger partial charge is 0.354 e. The number of hydroxylamine groups is 2. The first-order valence-corrected chi connectivity index (χ1v) is 10.2. The number of amides is 1. The zero-order chi connectivity index (χ0) is 19.3. The van der Waals surface area contributed by atoms with Crippen LogP contribution in [0.3, 0.4) is 0 Å². The molecule has 2 aromatic carbocycles. The van der Waals surface area contributed by atoms with Gasteiger partial charge in [0.05, 0.1) is 29.8 Å². The first kappa shape index (κ1) is 17.5. The predicted molar refractivity (Wildman–Crippen MR) is 113 cm³/mol. The van der Waals surface area contributed by atoms with Crippen molar-refractivity contribution in [2.24, 2.45) is 0 Å². The molecule has 0 unspecified atom stereocenters. The number of para-hydroxylation sites is 1. The molecule has 2 aliphatic rings. The molecular weight excluding hydrogens is 372 g/mol. The van der Waals surface area contributed by atoms with E-state index in [1.807, 2.05) is 30.4 Å². The smallest absolute Gasteiger partial charge is 0.234 e. The van der Waals surface area contributed by atoms with E-state index in [0.29, 0.717) is 5.75 Å². The molecule has 0 spiro atoms. The number of thioether (sulfide) groups is 1. The Morgan fingerprint density at radius 3 is 2.89 bits per heavy atom. The Balaban J connectivity index is 1.80. The van der Waals surface area contributed by atoms with Crippen molar-refractivity contribution in [3.63, 3.8) is 0 Å². The molecule has 5 rings (SSSR count). The summed E-state index contributed by atoms with van der Waals surface area (Å²) in [6.45, 7) is 0.745. The molecule has 0 aliphatic carbocycles. The van der Waals surface area contributed by atoms with Crippen LogP contribution in [-0.4, -0.2) is 42.4 Å².